The van der Waals surface area contributed by atoms with Gasteiger partial charge in [-0.15, -0.1) is 0 Å². The lowest BCUT2D eigenvalue weighted by atomic mass is 9.94. The normalized spacial score (nSPS) is 18.8. The van der Waals surface area contributed by atoms with Gasteiger partial charge in [0.1, 0.15) is 0 Å². The minimum Gasteiger partial charge on any atom is -0.364 e. The highest BCUT2D eigenvalue weighted by Gasteiger charge is 2.39. The van der Waals surface area contributed by atoms with Gasteiger partial charge in [0.15, 0.2) is 5.03 Å². The van der Waals surface area contributed by atoms with Gasteiger partial charge in [0.25, 0.3) is 10.0 Å². The lowest BCUT2D eigenvalue weighted by Gasteiger charge is -2.42. The molecule has 4 heterocycles. The summed E-state index contributed by atoms with van der Waals surface area (Å²) in [6.45, 7) is 3.62. The number of rotatable bonds is 9. The van der Waals surface area contributed by atoms with E-state index in [0.717, 1.165) is 16.9 Å². The molecule has 0 amide bonds. The number of hydrogen-bond acceptors (Lipinski definition) is 8. The number of aromatic nitrogens is 3. The summed E-state index contributed by atoms with van der Waals surface area (Å²) < 4.78 is 58.2. The number of pyridine rings is 1. The van der Waals surface area contributed by atoms with Gasteiger partial charge < -0.3 is 9.47 Å². The number of imidazole rings is 1. The van der Waals surface area contributed by atoms with Crippen molar-refractivity contribution < 1.29 is 16.8 Å². The summed E-state index contributed by atoms with van der Waals surface area (Å²) in [6.07, 6.45) is 6.61. The standard InChI is InChI=1S/C28H35N7O4S2/c1-3-40(36,37)34-12-9-22(10-13-34)18-35(41(38,39)28-6-4-5-11-31-28)25-15-24-14-23(16-29)7-8-27(24)33(19-25)20-26-17-30-21-32(26)2/h4-8,11,14,17,21-22,25H,3,9-10,12-13,15,18-20H2,1-2H3. The number of sulfonamides is 2. The summed E-state index contributed by atoms with van der Waals surface area (Å²) in [7, 11) is -5.34. The molecule has 1 aromatic carbocycles. The second kappa shape index (κ2) is 11.9. The second-order valence-corrected chi connectivity index (χ2v) is 14.8. The average Bonchev–Trinajstić information content (AvgIpc) is 3.39. The number of hydrogen-bond donors (Lipinski definition) is 0. The van der Waals surface area contributed by atoms with E-state index in [-0.39, 0.29) is 23.2 Å². The van der Waals surface area contributed by atoms with Crippen LogP contribution in [0.1, 0.15) is 36.6 Å². The maximum absolute atomic E-state index is 14.2. The first-order valence-electron chi connectivity index (χ1n) is 13.8. The molecule has 1 saturated heterocycles. The summed E-state index contributed by atoms with van der Waals surface area (Å²) in [5, 5.41) is 9.57. The van der Waals surface area contributed by atoms with Crippen molar-refractivity contribution in [3.05, 3.63) is 71.9 Å². The number of fused-ring (bicyclic) bond motifs is 1. The highest BCUT2D eigenvalue weighted by molar-refractivity contribution is 7.89. The Balaban J connectivity index is 1.49. The van der Waals surface area contributed by atoms with Crippen LogP contribution in [0, 0.1) is 17.2 Å². The van der Waals surface area contributed by atoms with Crippen LogP contribution in [0.4, 0.5) is 5.69 Å². The minimum absolute atomic E-state index is 0.00541. The Kier molecular flexibility index (Phi) is 8.47. The molecule has 11 nitrogen and oxygen atoms in total. The van der Waals surface area contributed by atoms with Crippen molar-refractivity contribution in [1.29, 1.82) is 5.26 Å². The number of anilines is 1. The third kappa shape index (κ3) is 6.16. The molecule has 5 rings (SSSR count). The molecular weight excluding hydrogens is 562 g/mol. The molecule has 0 bridgehead atoms. The van der Waals surface area contributed by atoms with E-state index in [9.17, 15) is 22.1 Å². The zero-order chi connectivity index (χ0) is 29.2. The Hall–Kier alpha value is -3.31. The van der Waals surface area contributed by atoms with Gasteiger partial charge >= 0.3 is 0 Å². The minimum atomic E-state index is -3.98. The van der Waals surface area contributed by atoms with Crippen molar-refractivity contribution in [1.82, 2.24) is 23.1 Å². The number of piperidine rings is 1. The molecule has 0 radical (unpaired) electrons. The molecule has 2 aliphatic rings. The van der Waals surface area contributed by atoms with E-state index in [0.29, 0.717) is 51.0 Å². The fourth-order valence-electron chi connectivity index (χ4n) is 5.74. The molecule has 2 aliphatic heterocycles. The topological polar surface area (TPSA) is 132 Å². The first kappa shape index (κ1) is 29.2. The molecular formula is C28H35N7O4S2. The highest BCUT2D eigenvalue weighted by Crippen LogP contribution is 2.34. The van der Waals surface area contributed by atoms with Crippen LogP contribution in [-0.2, 0) is 40.1 Å². The fourth-order valence-corrected chi connectivity index (χ4v) is 8.50. The Morgan fingerprint density at radius 1 is 1.12 bits per heavy atom. The van der Waals surface area contributed by atoms with Crippen LogP contribution in [-0.4, -0.2) is 78.0 Å². The van der Waals surface area contributed by atoms with Crippen molar-refractivity contribution in [3.8, 4) is 6.07 Å². The molecule has 218 valence electrons. The molecule has 0 N–H and O–H groups in total. The van der Waals surface area contributed by atoms with E-state index in [4.69, 9.17) is 0 Å². The van der Waals surface area contributed by atoms with Crippen LogP contribution in [0.25, 0.3) is 0 Å². The van der Waals surface area contributed by atoms with Crippen molar-refractivity contribution >= 4 is 25.7 Å². The van der Waals surface area contributed by atoms with Gasteiger partial charge in [0.05, 0.1) is 36.0 Å². The summed E-state index contributed by atoms with van der Waals surface area (Å²) in [4.78, 5) is 10.6. The van der Waals surface area contributed by atoms with Crippen LogP contribution in [0.5, 0.6) is 0 Å². The number of aryl methyl sites for hydroxylation is 1. The van der Waals surface area contributed by atoms with Crippen LogP contribution in [0.2, 0.25) is 0 Å². The SMILES string of the molecule is CCS(=O)(=O)N1CCC(CN(C2Cc3cc(C#N)ccc3N(Cc3cncn3C)C2)S(=O)(=O)c2ccccn2)CC1. The monoisotopic (exact) mass is 597 g/mol. The number of nitrogens with zero attached hydrogens (tertiary/aromatic N) is 7. The Bertz CT molecular complexity index is 1630. The predicted molar refractivity (Wildman–Crippen MR) is 155 cm³/mol. The number of benzene rings is 1. The zero-order valence-corrected chi connectivity index (χ0v) is 24.9. The summed E-state index contributed by atoms with van der Waals surface area (Å²) in [5.41, 5.74) is 3.38. The Morgan fingerprint density at radius 3 is 2.54 bits per heavy atom. The number of nitriles is 1. The molecule has 0 aliphatic carbocycles. The summed E-state index contributed by atoms with van der Waals surface area (Å²) in [6, 6.07) is 12.2. The average molecular weight is 598 g/mol. The van der Waals surface area contributed by atoms with E-state index in [2.05, 4.69) is 20.9 Å². The maximum atomic E-state index is 14.2. The van der Waals surface area contributed by atoms with E-state index in [1.807, 2.05) is 23.7 Å². The first-order chi connectivity index (χ1) is 19.6. The molecule has 41 heavy (non-hydrogen) atoms. The maximum Gasteiger partial charge on any atom is 0.260 e. The molecule has 1 atom stereocenters. The van der Waals surface area contributed by atoms with Crippen molar-refractivity contribution in [2.75, 3.05) is 36.8 Å². The zero-order valence-electron chi connectivity index (χ0n) is 23.3. The van der Waals surface area contributed by atoms with Crippen molar-refractivity contribution in [2.24, 2.45) is 13.0 Å². The molecule has 1 fully saturated rings. The van der Waals surface area contributed by atoms with Gasteiger partial charge in [-0.05, 0) is 68.0 Å². The second-order valence-electron chi connectivity index (χ2n) is 10.7. The van der Waals surface area contributed by atoms with Crippen LogP contribution in [0.3, 0.4) is 0 Å². The third-order valence-corrected chi connectivity index (χ3v) is 11.8. The van der Waals surface area contributed by atoms with E-state index >= 15 is 0 Å². The van der Waals surface area contributed by atoms with Crippen molar-refractivity contribution in [3.63, 3.8) is 0 Å². The first-order valence-corrected chi connectivity index (χ1v) is 16.8. The van der Waals surface area contributed by atoms with Crippen LogP contribution in [0.15, 0.2) is 60.1 Å². The smallest absolute Gasteiger partial charge is 0.260 e. The van der Waals surface area contributed by atoms with E-state index in [1.165, 1.54) is 16.6 Å². The van der Waals surface area contributed by atoms with Gasteiger partial charge in [-0.25, -0.2) is 31.1 Å². The van der Waals surface area contributed by atoms with Crippen LogP contribution >= 0.6 is 0 Å². The lowest BCUT2D eigenvalue weighted by Crippen LogP contribution is -2.53. The van der Waals surface area contributed by atoms with Crippen LogP contribution < -0.4 is 4.90 Å². The van der Waals surface area contributed by atoms with E-state index < -0.39 is 26.1 Å². The molecule has 1 unspecified atom stereocenters. The lowest BCUT2D eigenvalue weighted by molar-refractivity contribution is 0.208. The fraction of sp³-hybridized carbons (Fsp3) is 0.464. The molecule has 0 saturated carbocycles. The largest absolute Gasteiger partial charge is 0.364 e. The summed E-state index contributed by atoms with van der Waals surface area (Å²) in [5.74, 6) is 0.0467. The Labute approximate surface area is 242 Å². The van der Waals surface area contributed by atoms with Gasteiger partial charge in [-0.1, -0.05) is 6.07 Å². The molecule has 0 spiro atoms. The van der Waals surface area contributed by atoms with E-state index in [1.54, 1.807) is 42.0 Å². The third-order valence-electron chi connectivity index (χ3n) is 8.09. The Morgan fingerprint density at radius 2 is 1.90 bits per heavy atom. The van der Waals surface area contributed by atoms with Crippen molar-refractivity contribution in [2.45, 2.75) is 43.8 Å². The molecule has 3 aromatic rings. The van der Waals surface area contributed by atoms with Gasteiger partial charge in [-0.3, -0.25) is 0 Å². The summed E-state index contributed by atoms with van der Waals surface area (Å²) >= 11 is 0. The predicted octanol–water partition coefficient (Wildman–Crippen LogP) is 2.37. The van der Waals surface area contributed by atoms with Gasteiger partial charge in [0, 0.05) is 57.3 Å². The highest BCUT2D eigenvalue weighted by atomic mass is 32.2. The van der Waals surface area contributed by atoms with Gasteiger partial charge in [0.2, 0.25) is 10.0 Å². The molecule has 2 aromatic heterocycles. The molecule has 13 heteroatoms. The quantitative estimate of drug-likeness (QED) is 0.367. The van der Waals surface area contributed by atoms with Gasteiger partial charge in [-0.2, -0.15) is 9.57 Å².